The lowest BCUT2D eigenvalue weighted by Crippen LogP contribution is -2.15. The van der Waals surface area contributed by atoms with Gasteiger partial charge >= 0.3 is 0 Å². The van der Waals surface area contributed by atoms with E-state index in [0.717, 1.165) is 17.1 Å². The number of nitrogens with one attached hydrogen (secondary N) is 1. The number of aliphatic hydroxyl groups excluding tert-OH is 1. The van der Waals surface area contributed by atoms with E-state index < -0.39 is 0 Å². The minimum absolute atomic E-state index is 0.220. The predicted molar refractivity (Wildman–Crippen MR) is 53.1 cm³/mol. The lowest BCUT2D eigenvalue weighted by molar-refractivity contribution is 0.178. The van der Waals surface area contributed by atoms with Crippen molar-refractivity contribution < 1.29 is 5.11 Å². The summed E-state index contributed by atoms with van der Waals surface area (Å²) in [7, 11) is 0. The molecule has 2 nitrogen and oxygen atoms in total. The maximum atomic E-state index is 9.62. The molecule has 2 rings (SSSR count). The summed E-state index contributed by atoms with van der Waals surface area (Å²) in [5.74, 6) is 0.220. The first kappa shape index (κ1) is 9.00. The summed E-state index contributed by atoms with van der Waals surface area (Å²) in [6, 6.07) is 7.68. The molecule has 1 fully saturated rings. The zero-order valence-corrected chi connectivity index (χ0v) is 7.96. The highest BCUT2D eigenvalue weighted by molar-refractivity contribution is 6.30. The number of hydrogen-bond donors (Lipinski definition) is 2. The molecule has 0 aromatic heterocycles. The molecule has 0 bridgehead atoms. The van der Waals surface area contributed by atoms with Gasteiger partial charge in [0.05, 0.1) is 6.10 Å². The Bertz CT molecular complexity index is 285. The zero-order valence-electron chi connectivity index (χ0n) is 7.20. The predicted octanol–water partition coefficient (Wildman–Crippen LogP) is 1.39. The summed E-state index contributed by atoms with van der Waals surface area (Å²) in [6.07, 6.45) is -0.263. The van der Waals surface area contributed by atoms with Crippen molar-refractivity contribution in [2.24, 2.45) is 0 Å². The molecule has 0 amide bonds. The van der Waals surface area contributed by atoms with Gasteiger partial charge < -0.3 is 10.4 Å². The van der Waals surface area contributed by atoms with E-state index in [9.17, 15) is 5.11 Å². The summed E-state index contributed by atoms with van der Waals surface area (Å²) in [6.45, 7) is 1.54. The number of β-amino-alcohol motifs (C(OH)–C–C–N with tert-alkyl or cyclic N) is 1. The van der Waals surface area contributed by atoms with Crippen LogP contribution in [0.15, 0.2) is 24.3 Å². The zero-order chi connectivity index (χ0) is 9.26. The molecule has 0 saturated carbocycles. The standard InChI is InChI=1S/C10H12ClNO/c11-8-3-1-7(2-4-8)9-5-12-6-10(9)13/h1-4,9-10,12-13H,5-6H2/t9-,10+/m1/s1. The maximum Gasteiger partial charge on any atom is 0.0745 e. The first-order valence-electron chi connectivity index (χ1n) is 4.41. The fraction of sp³-hybridized carbons (Fsp3) is 0.400. The Morgan fingerprint density at radius 3 is 2.46 bits per heavy atom. The third-order valence-electron chi connectivity index (χ3n) is 2.48. The molecular weight excluding hydrogens is 186 g/mol. The molecule has 0 unspecified atom stereocenters. The second-order valence-corrected chi connectivity index (χ2v) is 3.82. The van der Waals surface area contributed by atoms with E-state index in [1.54, 1.807) is 0 Å². The number of benzene rings is 1. The van der Waals surface area contributed by atoms with Gasteiger partial charge in [-0.1, -0.05) is 23.7 Å². The van der Waals surface area contributed by atoms with Gasteiger partial charge in [0.15, 0.2) is 0 Å². The van der Waals surface area contributed by atoms with Crippen LogP contribution in [0.3, 0.4) is 0 Å². The second-order valence-electron chi connectivity index (χ2n) is 3.38. The minimum Gasteiger partial charge on any atom is -0.391 e. The van der Waals surface area contributed by atoms with Crippen LogP contribution >= 0.6 is 11.6 Å². The van der Waals surface area contributed by atoms with Crippen LogP contribution in [-0.2, 0) is 0 Å². The third-order valence-corrected chi connectivity index (χ3v) is 2.73. The molecule has 1 heterocycles. The number of halogens is 1. The molecule has 2 atom stereocenters. The topological polar surface area (TPSA) is 32.3 Å². The molecule has 0 aliphatic carbocycles. The molecule has 1 aromatic carbocycles. The lowest BCUT2D eigenvalue weighted by Gasteiger charge is -2.13. The number of aliphatic hydroxyl groups is 1. The van der Waals surface area contributed by atoms with Gasteiger partial charge in [-0.05, 0) is 17.7 Å². The van der Waals surface area contributed by atoms with Crippen LogP contribution < -0.4 is 5.32 Å². The monoisotopic (exact) mass is 197 g/mol. The molecule has 2 N–H and O–H groups in total. The molecule has 0 radical (unpaired) electrons. The highest BCUT2D eigenvalue weighted by atomic mass is 35.5. The van der Waals surface area contributed by atoms with E-state index in [0.29, 0.717) is 6.54 Å². The van der Waals surface area contributed by atoms with Crippen LogP contribution in [0.25, 0.3) is 0 Å². The molecule has 1 aromatic rings. The molecule has 1 aliphatic heterocycles. The van der Waals surface area contributed by atoms with Crippen LogP contribution in [0.1, 0.15) is 11.5 Å². The van der Waals surface area contributed by atoms with Gasteiger partial charge in [0.25, 0.3) is 0 Å². The number of rotatable bonds is 1. The van der Waals surface area contributed by atoms with E-state index >= 15 is 0 Å². The Labute approximate surface area is 82.5 Å². The number of hydrogen-bond acceptors (Lipinski definition) is 2. The van der Waals surface area contributed by atoms with Gasteiger partial charge in [-0.15, -0.1) is 0 Å². The quantitative estimate of drug-likeness (QED) is 0.713. The van der Waals surface area contributed by atoms with Crippen LogP contribution in [0.2, 0.25) is 5.02 Å². The molecule has 13 heavy (non-hydrogen) atoms. The van der Waals surface area contributed by atoms with E-state index in [1.807, 2.05) is 24.3 Å². The Balaban J connectivity index is 2.20. The average Bonchev–Trinajstić information content (AvgIpc) is 2.53. The highest BCUT2D eigenvalue weighted by Gasteiger charge is 2.25. The molecular formula is C10H12ClNO. The summed E-state index contributed by atoms with van der Waals surface area (Å²) >= 11 is 5.78. The Morgan fingerprint density at radius 2 is 1.92 bits per heavy atom. The van der Waals surface area contributed by atoms with Crippen LogP contribution in [0, 0.1) is 0 Å². The third kappa shape index (κ3) is 1.85. The highest BCUT2D eigenvalue weighted by Crippen LogP contribution is 2.23. The summed E-state index contributed by atoms with van der Waals surface area (Å²) in [4.78, 5) is 0. The fourth-order valence-corrected chi connectivity index (χ4v) is 1.84. The molecule has 3 heteroatoms. The van der Waals surface area contributed by atoms with Crippen molar-refractivity contribution in [3.8, 4) is 0 Å². The fourth-order valence-electron chi connectivity index (χ4n) is 1.71. The Hall–Kier alpha value is -0.570. The molecule has 1 saturated heterocycles. The minimum atomic E-state index is -0.263. The summed E-state index contributed by atoms with van der Waals surface area (Å²) in [5.41, 5.74) is 1.15. The maximum absolute atomic E-state index is 9.62. The van der Waals surface area contributed by atoms with Gasteiger partial charge in [-0.25, -0.2) is 0 Å². The van der Waals surface area contributed by atoms with Gasteiger partial charge in [0.1, 0.15) is 0 Å². The Morgan fingerprint density at radius 1 is 1.23 bits per heavy atom. The summed E-state index contributed by atoms with van der Waals surface area (Å²) in [5, 5.41) is 13.5. The van der Waals surface area contributed by atoms with E-state index in [1.165, 1.54) is 0 Å². The van der Waals surface area contributed by atoms with Crippen molar-refractivity contribution in [2.45, 2.75) is 12.0 Å². The first-order valence-corrected chi connectivity index (χ1v) is 4.79. The van der Waals surface area contributed by atoms with Crippen molar-refractivity contribution in [3.05, 3.63) is 34.9 Å². The van der Waals surface area contributed by atoms with E-state index in [4.69, 9.17) is 11.6 Å². The van der Waals surface area contributed by atoms with Crippen molar-refractivity contribution in [1.82, 2.24) is 5.32 Å². The van der Waals surface area contributed by atoms with Crippen molar-refractivity contribution in [2.75, 3.05) is 13.1 Å². The van der Waals surface area contributed by atoms with Crippen LogP contribution in [0.5, 0.6) is 0 Å². The smallest absolute Gasteiger partial charge is 0.0745 e. The van der Waals surface area contributed by atoms with Crippen molar-refractivity contribution >= 4 is 11.6 Å². The van der Waals surface area contributed by atoms with Crippen LogP contribution in [0.4, 0.5) is 0 Å². The largest absolute Gasteiger partial charge is 0.391 e. The Kier molecular flexibility index (Phi) is 2.54. The lowest BCUT2D eigenvalue weighted by atomic mass is 9.96. The second kappa shape index (κ2) is 3.66. The van der Waals surface area contributed by atoms with Gasteiger partial charge in [0, 0.05) is 24.0 Å². The van der Waals surface area contributed by atoms with Gasteiger partial charge in [0.2, 0.25) is 0 Å². The molecule has 0 spiro atoms. The molecule has 1 aliphatic rings. The van der Waals surface area contributed by atoms with Crippen molar-refractivity contribution in [1.29, 1.82) is 0 Å². The first-order chi connectivity index (χ1) is 6.27. The average molecular weight is 198 g/mol. The normalized spacial score (nSPS) is 27.8. The van der Waals surface area contributed by atoms with E-state index in [-0.39, 0.29) is 12.0 Å². The molecule has 70 valence electrons. The summed E-state index contributed by atoms with van der Waals surface area (Å²) < 4.78 is 0. The van der Waals surface area contributed by atoms with Crippen LogP contribution in [-0.4, -0.2) is 24.3 Å². The SMILES string of the molecule is O[C@H]1CNC[C@@H]1c1ccc(Cl)cc1. The van der Waals surface area contributed by atoms with Gasteiger partial charge in [-0.2, -0.15) is 0 Å². The van der Waals surface area contributed by atoms with E-state index in [2.05, 4.69) is 5.32 Å². The van der Waals surface area contributed by atoms with Gasteiger partial charge in [-0.3, -0.25) is 0 Å². The van der Waals surface area contributed by atoms with Crippen molar-refractivity contribution in [3.63, 3.8) is 0 Å².